The van der Waals surface area contributed by atoms with Crippen LogP contribution in [0.4, 0.5) is 0 Å². The maximum absolute atomic E-state index is 12.8. The van der Waals surface area contributed by atoms with E-state index in [1.54, 1.807) is 4.90 Å². The monoisotopic (exact) mass is 299 g/mol. The number of fused-ring (bicyclic) bond motifs is 1. The van der Waals surface area contributed by atoms with Crippen LogP contribution in [0.2, 0.25) is 0 Å². The number of nitrogens with zero attached hydrogens (tertiary/aromatic N) is 1. The van der Waals surface area contributed by atoms with Crippen molar-refractivity contribution in [1.82, 2.24) is 15.5 Å². The summed E-state index contributed by atoms with van der Waals surface area (Å²) in [7, 11) is 0. The second kappa shape index (κ2) is 5.39. The number of rotatable bonds is 3. The minimum absolute atomic E-state index is 0.0110. The predicted octanol–water partition coefficient (Wildman–Crippen LogP) is 1.17. The largest absolute Gasteiger partial charge is 0.352 e. The first-order chi connectivity index (χ1) is 10.7. The molecule has 1 aromatic carbocycles. The van der Waals surface area contributed by atoms with Gasteiger partial charge in [-0.2, -0.15) is 0 Å². The molecule has 0 spiro atoms. The van der Waals surface area contributed by atoms with Gasteiger partial charge in [0.15, 0.2) is 0 Å². The van der Waals surface area contributed by atoms with Crippen molar-refractivity contribution in [2.75, 3.05) is 6.54 Å². The van der Waals surface area contributed by atoms with Crippen LogP contribution in [0.25, 0.3) is 0 Å². The van der Waals surface area contributed by atoms with Crippen molar-refractivity contribution in [3.05, 3.63) is 34.9 Å². The van der Waals surface area contributed by atoms with E-state index in [0.717, 1.165) is 38.8 Å². The molecule has 1 unspecified atom stereocenters. The van der Waals surface area contributed by atoms with Crippen LogP contribution in [0.1, 0.15) is 47.2 Å². The number of hydrogen-bond acceptors (Lipinski definition) is 3. The zero-order chi connectivity index (χ0) is 15.1. The van der Waals surface area contributed by atoms with E-state index < -0.39 is 0 Å². The molecule has 2 heterocycles. The molecular formula is C17H21N3O2. The van der Waals surface area contributed by atoms with Crippen molar-refractivity contribution < 1.29 is 9.59 Å². The standard InChI is InChI=1S/C17H21N3O2/c21-16(19-14-5-6-14)15-2-1-7-20(15)17(22)11-3-4-12-9-18-10-13(12)8-11/h3-4,8,14-15,18H,1-2,5-7,9-10H2,(H,19,21). The Morgan fingerprint density at radius 1 is 1.14 bits per heavy atom. The summed E-state index contributed by atoms with van der Waals surface area (Å²) in [6.07, 6.45) is 3.83. The van der Waals surface area contributed by atoms with Crippen molar-refractivity contribution in [1.29, 1.82) is 0 Å². The quantitative estimate of drug-likeness (QED) is 0.881. The van der Waals surface area contributed by atoms with Gasteiger partial charge in [-0.15, -0.1) is 0 Å². The van der Waals surface area contributed by atoms with Crippen molar-refractivity contribution in [3.63, 3.8) is 0 Å². The van der Waals surface area contributed by atoms with Crippen molar-refractivity contribution >= 4 is 11.8 Å². The second-order valence-corrected chi connectivity index (χ2v) is 6.53. The molecule has 3 aliphatic rings. The number of amides is 2. The highest BCUT2D eigenvalue weighted by atomic mass is 16.2. The van der Waals surface area contributed by atoms with Crippen LogP contribution in [0.5, 0.6) is 0 Å². The summed E-state index contributed by atoms with van der Waals surface area (Å²) in [5.74, 6) is 0.0133. The summed E-state index contributed by atoms with van der Waals surface area (Å²) >= 11 is 0. The lowest BCUT2D eigenvalue weighted by Crippen LogP contribution is -2.46. The van der Waals surface area contributed by atoms with E-state index in [-0.39, 0.29) is 17.9 Å². The first kappa shape index (κ1) is 13.8. The number of hydrogen-bond donors (Lipinski definition) is 2. The van der Waals surface area contributed by atoms with Gasteiger partial charge in [0.25, 0.3) is 5.91 Å². The fraction of sp³-hybridized carbons (Fsp3) is 0.529. The first-order valence-electron chi connectivity index (χ1n) is 8.16. The van der Waals surface area contributed by atoms with Crippen LogP contribution >= 0.6 is 0 Å². The first-order valence-corrected chi connectivity index (χ1v) is 8.16. The molecule has 2 aliphatic heterocycles. The Morgan fingerprint density at radius 2 is 1.95 bits per heavy atom. The molecule has 116 valence electrons. The van der Waals surface area contributed by atoms with E-state index in [0.29, 0.717) is 18.2 Å². The predicted molar refractivity (Wildman–Crippen MR) is 82.2 cm³/mol. The van der Waals surface area contributed by atoms with Gasteiger partial charge in [-0.25, -0.2) is 0 Å². The number of benzene rings is 1. The number of carbonyl (C=O) groups is 2. The van der Waals surface area contributed by atoms with Crippen LogP contribution in [0.3, 0.4) is 0 Å². The average Bonchev–Trinajstić information content (AvgIpc) is 3.05. The van der Waals surface area contributed by atoms with Gasteiger partial charge >= 0.3 is 0 Å². The third-order valence-electron chi connectivity index (χ3n) is 4.82. The van der Waals surface area contributed by atoms with E-state index in [1.165, 1.54) is 11.1 Å². The highest BCUT2D eigenvalue weighted by Gasteiger charge is 2.36. The zero-order valence-corrected chi connectivity index (χ0v) is 12.6. The highest BCUT2D eigenvalue weighted by Crippen LogP contribution is 2.25. The number of carbonyl (C=O) groups excluding carboxylic acids is 2. The van der Waals surface area contributed by atoms with Crippen molar-refractivity contribution in [2.45, 2.75) is 50.9 Å². The molecule has 2 N–H and O–H groups in total. The van der Waals surface area contributed by atoms with Crippen LogP contribution in [-0.2, 0) is 17.9 Å². The Bertz CT molecular complexity index is 624. The zero-order valence-electron chi connectivity index (χ0n) is 12.6. The SMILES string of the molecule is O=C(NC1CC1)C1CCCN1C(=O)c1ccc2c(c1)CNC2. The summed E-state index contributed by atoms with van der Waals surface area (Å²) in [5, 5.41) is 6.32. The van der Waals surface area contributed by atoms with Crippen LogP contribution < -0.4 is 10.6 Å². The van der Waals surface area contributed by atoms with Crippen LogP contribution in [0, 0.1) is 0 Å². The molecule has 22 heavy (non-hydrogen) atoms. The summed E-state index contributed by atoms with van der Waals surface area (Å²) in [4.78, 5) is 26.9. The van der Waals surface area contributed by atoms with Gasteiger partial charge in [0.2, 0.25) is 5.91 Å². The molecule has 5 heteroatoms. The van der Waals surface area contributed by atoms with Crippen molar-refractivity contribution in [3.8, 4) is 0 Å². The smallest absolute Gasteiger partial charge is 0.254 e. The van der Waals surface area contributed by atoms with Crippen LogP contribution in [-0.4, -0.2) is 35.3 Å². The molecule has 1 saturated carbocycles. The molecule has 5 nitrogen and oxygen atoms in total. The summed E-state index contributed by atoms with van der Waals surface area (Å²) in [6, 6.07) is 5.95. The van der Waals surface area contributed by atoms with E-state index in [2.05, 4.69) is 10.6 Å². The fourth-order valence-corrected chi connectivity index (χ4v) is 3.40. The Morgan fingerprint density at radius 3 is 2.77 bits per heavy atom. The molecule has 1 saturated heterocycles. The topological polar surface area (TPSA) is 61.4 Å². The molecule has 4 rings (SSSR count). The fourth-order valence-electron chi connectivity index (χ4n) is 3.40. The van der Waals surface area contributed by atoms with Gasteiger partial charge < -0.3 is 15.5 Å². The maximum Gasteiger partial charge on any atom is 0.254 e. The van der Waals surface area contributed by atoms with Gasteiger partial charge in [0.1, 0.15) is 6.04 Å². The van der Waals surface area contributed by atoms with Gasteiger partial charge in [0, 0.05) is 31.2 Å². The molecule has 1 aromatic rings. The minimum Gasteiger partial charge on any atom is -0.352 e. The Hall–Kier alpha value is -1.88. The van der Waals surface area contributed by atoms with Gasteiger partial charge in [-0.1, -0.05) is 6.07 Å². The maximum atomic E-state index is 12.8. The van der Waals surface area contributed by atoms with E-state index in [9.17, 15) is 9.59 Å². The third-order valence-corrected chi connectivity index (χ3v) is 4.82. The molecule has 1 atom stereocenters. The second-order valence-electron chi connectivity index (χ2n) is 6.53. The van der Waals surface area contributed by atoms with Gasteiger partial charge in [-0.3, -0.25) is 9.59 Å². The van der Waals surface area contributed by atoms with Crippen LogP contribution in [0.15, 0.2) is 18.2 Å². The van der Waals surface area contributed by atoms with Gasteiger partial charge in [-0.05, 0) is 48.9 Å². The molecular weight excluding hydrogens is 278 g/mol. The lowest BCUT2D eigenvalue weighted by molar-refractivity contribution is -0.125. The lowest BCUT2D eigenvalue weighted by Gasteiger charge is -2.24. The summed E-state index contributed by atoms with van der Waals surface area (Å²) in [6.45, 7) is 2.37. The Balaban J connectivity index is 1.52. The molecule has 2 fully saturated rings. The van der Waals surface area contributed by atoms with E-state index >= 15 is 0 Å². The van der Waals surface area contributed by atoms with E-state index in [4.69, 9.17) is 0 Å². The molecule has 1 aliphatic carbocycles. The molecule has 0 bridgehead atoms. The summed E-state index contributed by atoms with van der Waals surface area (Å²) in [5.41, 5.74) is 3.17. The highest BCUT2D eigenvalue weighted by molar-refractivity contribution is 5.98. The summed E-state index contributed by atoms with van der Waals surface area (Å²) < 4.78 is 0. The molecule has 2 amide bonds. The lowest BCUT2D eigenvalue weighted by atomic mass is 10.1. The van der Waals surface area contributed by atoms with E-state index in [1.807, 2.05) is 18.2 Å². The number of nitrogens with one attached hydrogen (secondary N) is 2. The third kappa shape index (κ3) is 2.50. The molecule has 0 aromatic heterocycles. The normalized spacial score (nSPS) is 23.5. The average molecular weight is 299 g/mol. The van der Waals surface area contributed by atoms with Gasteiger partial charge in [0.05, 0.1) is 0 Å². The minimum atomic E-state index is -0.292. The molecule has 0 radical (unpaired) electrons. The number of likely N-dealkylation sites (tertiary alicyclic amines) is 1. The Kier molecular flexibility index (Phi) is 3.37. The van der Waals surface area contributed by atoms with Crippen molar-refractivity contribution in [2.24, 2.45) is 0 Å². The Labute approximate surface area is 130 Å².